The molecule has 0 bridgehead atoms. The first kappa shape index (κ1) is 20.7. The number of likely N-dealkylation sites (tertiary alicyclic amines) is 1. The standard InChI is InChI=1S/C20H29N3O2.ClH/c21-18-6-4-5-17(18)13-19(24)22-14-15-7-9-16(10-8-15)20(25)23-11-2-1-3-12-23;/h7-10,17-18H,1-6,11-14,21H2,(H,22,24);1H/t17-,18+;/m0./s1. The van der Waals surface area contributed by atoms with Crippen molar-refractivity contribution in [2.24, 2.45) is 11.7 Å². The van der Waals surface area contributed by atoms with Gasteiger partial charge in [0.1, 0.15) is 0 Å². The number of hydrogen-bond acceptors (Lipinski definition) is 3. The molecule has 144 valence electrons. The van der Waals surface area contributed by atoms with Gasteiger partial charge in [-0.25, -0.2) is 0 Å². The molecule has 1 aromatic carbocycles. The summed E-state index contributed by atoms with van der Waals surface area (Å²) < 4.78 is 0. The Hall–Kier alpha value is -1.59. The first-order chi connectivity index (χ1) is 12.1. The van der Waals surface area contributed by atoms with E-state index in [9.17, 15) is 9.59 Å². The number of hydrogen-bond donors (Lipinski definition) is 2. The molecule has 26 heavy (non-hydrogen) atoms. The molecule has 1 saturated heterocycles. The van der Waals surface area contributed by atoms with Crippen LogP contribution in [0.1, 0.15) is 60.9 Å². The zero-order chi connectivity index (χ0) is 17.6. The Morgan fingerprint density at radius 2 is 1.73 bits per heavy atom. The van der Waals surface area contributed by atoms with Crippen molar-refractivity contribution < 1.29 is 9.59 Å². The van der Waals surface area contributed by atoms with Crippen molar-refractivity contribution in [1.29, 1.82) is 0 Å². The molecule has 6 heteroatoms. The van der Waals surface area contributed by atoms with Gasteiger partial charge >= 0.3 is 0 Å². The van der Waals surface area contributed by atoms with Crippen LogP contribution in [0.4, 0.5) is 0 Å². The van der Waals surface area contributed by atoms with Crippen molar-refractivity contribution in [3.05, 3.63) is 35.4 Å². The summed E-state index contributed by atoms with van der Waals surface area (Å²) in [6, 6.07) is 7.76. The molecule has 2 aliphatic rings. The number of carbonyl (C=O) groups excluding carboxylic acids is 2. The summed E-state index contributed by atoms with van der Waals surface area (Å²) in [7, 11) is 0. The number of carbonyl (C=O) groups is 2. The zero-order valence-corrected chi connectivity index (χ0v) is 16.1. The minimum absolute atomic E-state index is 0. The maximum Gasteiger partial charge on any atom is 0.253 e. The summed E-state index contributed by atoms with van der Waals surface area (Å²) in [6.45, 7) is 2.22. The van der Waals surface area contributed by atoms with Crippen molar-refractivity contribution in [1.82, 2.24) is 10.2 Å². The summed E-state index contributed by atoms with van der Waals surface area (Å²) in [4.78, 5) is 26.5. The first-order valence-corrected chi connectivity index (χ1v) is 9.54. The number of rotatable bonds is 5. The highest BCUT2D eigenvalue weighted by molar-refractivity contribution is 5.94. The molecule has 1 aliphatic heterocycles. The smallest absolute Gasteiger partial charge is 0.253 e. The summed E-state index contributed by atoms with van der Waals surface area (Å²) in [6.07, 6.45) is 7.15. The van der Waals surface area contributed by atoms with Crippen molar-refractivity contribution in [2.75, 3.05) is 13.1 Å². The molecule has 2 atom stereocenters. The fraction of sp³-hybridized carbons (Fsp3) is 0.600. The third-order valence-electron chi connectivity index (χ3n) is 5.50. The van der Waals surface area contributed by atoms with Crippen LogP contribution in [-0.2, 0) is 11.3 Å². The van der Waals surface area contributed by atoms with Crippen LogP contribution in [0.3, 0.4) is 0 Å². The van der Waals surface area contributed by atoms with E-state index in [2.05, 4.69) is 5.32 Å². The van der Waals surface area contributed by atoms with Crippen LogP contribution in [0.25, 0.3) is 0 Å². The van der Waals surface area contributed by atoms with E-state index in [0.29, 0.717) is 18.9 Å². The van der Waals surface area contributed by atoms with Crippen LogP contribution >= 0.6 is 12.4 Å². The number of piperidine rings is 1. The third-order valence-corrected chi connectivity index (χ3v) is 5.50. The summed E-state index contributed by atoms with van der Waals surface area (Å²) >= 11 is 0. The second kappa shape index (κ2) is 9.93. The maximum absolute atomic E-state index is 12.4. The van der Waals surface area contributed by atoms with Gasteiger partial charge in [0.15, 0.2) is 0 Å². The predicted molar refractivity (Wildman–Crippen MR) is 105 cm³/mol. The highest BCUT2D eigenvalue weighted by Gasteiger charge is 2.25. The zero-order valence-electron chi connectivity index (χ0n) is 15.3. The molecule has 2 fully saturated rings. The molecule has 0 radical (unpaired) electrons. The second-order valence-corrected chi connectivity index (χ2v) is 7.39. The number of halogens is 1. The summed E-state index contributed by atoms with van der Waals surface area (Å²) in [5.41, 5.74) is 7.77. The lowest BCUT2D eigenvalue weighted by molar-refractivity contribution is -0.122. The number of benzene rings is 1. The third kappa shape index (κ3) is 5.45. The quantitative estimate of drug-likeness (QED) is 0.825. The van der Waals surface area contributed by atoms with E-state index in [1.54, 1.807) is 0 Å². The lowest BCUT2D eigenvalue weighted by atomic mass is 10.00. The van der Waals surface area contributed by atoms with Gasteiger partial charge in [-0.2, -0.15) is 0 Å². The van der Waals surface area contributed by atoms with Crippen LogP contribution in [0.2, 0.25) is 0 Å². The Balaban J connectivity index is 0.00000243. The molecule has 3 N–H and O–H groups in total. The molecule has 2 amide bonds. The molecular formula is C20H30ClN3O2. The van der Waals surface area contributed by atoms with Gasteiger partial charge in [-0.1, -0.05) is 18.6 Å². The van der Waals surface area contributed by atoms with E-state index in [0.717, 1.165) is 56.3 Å². The lowest BCUT2D eigenvalue weighted by Gasteiger charge is -2.26. The van der Waals surface area contributed by atoms with Crippen molar-refractivity contribution >= 4 is 24.2 Å². The second-order valence-electron chi connectivity index (χ2n) is 7.39. The van der Waals surface area contributed by atoms with Gasteiger partial charge in [0, 0.05) is 37.7 Å². The average Bonchev–Trinajstić information content (AvgIpc) is 3.05. The predicted octanol–water partition coefficient (Wildman–Crippen LogP) is 2.87. The highest BCUT2D eigenvalue weighted by atomic mass is 35.5. The van der Waals surface area contributed by atoms with Gasteiger partial charge in [-0.15, -0.1) is 12.4 Å². The van der Waals surface area contributed by atoms with Gasteiger partial charge in [-0.3, -0.25) is 9.59 Å². The van der Waals surface area contributed by atoms with E-state index in [-0.39, 0.29) is 30.3 Å². The molecule has 3 rings (SSSR count). The van der Waals surface area contributed by atoms with Crippen molar-refractivity contribution in [3.63, 3.8) is 0 Å². The van der Waals surface area contributed by atoms with Gasteiger partial charge in [0.2, 0.25) is 5.91 Å². The van der Waals surface area contributed by atoms with E-state index in [1.807, 2.05) is 29.2 Å². The molecule has 5 nitrogen and oxygen atoms in total. The fourth-order valence-corrected chi connectivity index (χ4v) is 3.87. The Morgan fingerprint density at radius 3 is 2.35 bits per heavy atom. The van der Waals surface area contributed by atoms with Gasteiger partial charge in [0.05, 0.1) is 0 Å². The first-order valence-electron chi connectivity index (χ1n) is 9.54. The highest BCUT2D eigenvalue weighted by Crippen LogP contribution is 2.26. The monoisotopic (exact) mass is 379 g/mol. The fourth-order valence-electron chi connectivity index (χ4n) is 3.87. The Labute approximate surface area is 162 Å². The summed E-state index contributed by atoms with van der Waals surface area (Å²) in [5, 5.41) is 2.97. The van der Waals surface area contributed by atoms with Crippen LogP contribution in [-0.4, -0.2) is 35.8 Å². The molecule has 0 aromatic heterocycles. The van der Waals surface area contributed by atoms with Gasteiger partial charge in [-0.05, 0) is 55.7 Å². The number of nitrogens with two attached hydrogens (primary N) is 1. The minimum Gasteiger partial charge on any atom is -0.352 e. The molecule has 0 unspecified atom stereocenters. The SMILES string of the molecule is Cl.N[C@@H]1CCC[C@H]1CC(=O)NCc1ccc(C(=O)N2CCCCC2)cc1. The van der Waals surface area contributed by atoms with Gasteiger partial charge < -0.3 is 16.0 Å². The van der Waals surface area contributed by atoms with E-state index in [1.165, 1.54) is 6.42 Å². The Bertz CT molecular complexity index is 600. The van der Waals surface area contributed by atoms with Crippen LogP contribution < -0.4 is 11.1 Å². The lowest BCUT2D eigenvalue weighted by Crippen LogP contribution is -2.35. The van der Waals surface area contributed by atoms with E-state index in [4.69, 9.17) is 5.73 Å². The normalized spacial score (nSPS) is 22.6. The summed E-state index contributed by atoms with van der Waals surface area (Å²) in [5.74, 6) is 0.505. The minimum atomic E-state index is 0. The molecule has 1 aromatic rings. The molecule has 1 saturated carbocycles. The van der Waals surface area contributed by atoms with Crippen molar-refractivity contribution in [3.8, 4) is 0 Å². The topological polar surface area (TPSA) is 75.4 Å². The van der Waals surface area contributed by atoms with Crippen LogP contribution in [0, 0.1) is 5.92 Å². The Morgan fingerprint density at radius 1 is 1.04 bits per heavy atom. The number of amides is 2. The largest absolute Gasteiger partial charge is 0.352 e. The average molecular weight is 380 g/mol. The molecule has 1 heterocycles. The molecular weight excluding hydrogens is 350 g/mol. The van der Waals surface area contributed by atoms with Crippen LogP contribution in [0.5, 0.6) is 0 Å². The number of nitrogens with one attached hydrogen (secondary N) is 1. The van der Waals surface area contributed by atoms with Crippen molar-refractivity contribution in [2.45, 2.75) is 57.5 Å². The van der Waals surface area contributed by atoms with E-state index < -0.39 is 0 Å². The van der Waals surface area contributed by atoms with E-state index >= 15 is 0 Å². The molecule has 1 aliphatic carbocycles. The maximum atomic E-state index is 12.4. The Kier molecular flexibility index (Phi) is 7.91. The number of nitrogens with zero attached hydrogens (tertiary/aromatic N) is 1. The van der Waals surface area contributed by atoms with Gasteiger partial charge in [0.25, 0.3) is 5.91 Å². The van der Waals surface area contributed by atoms with Crippen LogP contribution in [0.15, 0.2) is 24.3 Å². The molecule has 0 spiro atoms.